The number of ether oxygens (including phenoxy) is 2. The second-order valence-electron chi connectivity index (χ2n) is 4.34. The van der Waals surface area contributed by atoms with Crippen molar-refractivity contribution in [3.63, 3.8) is 0 Å². The van der Waals surface area contributed by atoms with Gasteiger partial charge in [-0.2, -0.15) is 0 Å². The van der Waals surface area contributed by atoms with Crippen molar-refractivity contribution >= 4 is 29.2 Å². The molecule has 1 heterocycles. The van der Waals surface area contributed by atoms with Gasteiger partial charge in [0.25, 0.3) is 0 Å². The summed E-state index contributed by atoms with van der Waals surface area (Å²) in [5.41, 5.74) is -0.0233. The van der Waals surface area contributed by atoms with Gasteiger partial charge in [0, 0.05) is 18.1 Å². The lowest BCUT2D eigenvalue weighted by atomic mass is 10.2. The van der Waals surface area contributed by atoms with Gasteiger partial charge in [0.1, 0.15) is 5.56 Å². The number of rotatable bonds is 5. The van der Waals surface area contributed by atoms with Crippen molar-refractivity contribution in [1.29, 1.82) is 0 Å². The van der Waals surface area contributed by atoms with Crippen LogP contribution in [-0.4, -0.2) is 30.4 Å². The van der Waals surface area contributed by atoms with Gasteiger partial charge in [0.15, 0.2) is 5.75 Å². The van der Waals surface area contributed by atoms with E-state index in [2.05, 4.69) is 0 Å². The molecule has 1 aromatic rings. The fourth-order valence-electron chi connectivity index (χ4n) is 2.03. The van der Waals surface area contributed by atoms with Crippen LogP contribution in [0.5, 0.6) is 5.75 Å². The van der Waals surface area contributed by atoms with E-state index in [1.54, 1.807) is 0 Å². The second kappa shape index (κ2) is 6.46. The molecule has 0 bridgehead atoms. The first kappa shape index (κ1) is 14.4. The summed E-state index contributed by atoms with van der Waals surface area (Å²) >= 11 is 11.8. The van der Waals surface area contributed by atoms with Crippen molar-refractivity contribution in [3.8, 4) is 5.75 Å². The Bertz CT molecular complexity index is 470. The molecule has 0 radical (unpaired) electrons. The van der Waals surface area contributed by atoms with Crippen LogP contribution in [-0.2, 0) is 4.74 Å². The average Bonchev–Trinajstić information content (AvgIpc) is 2.84. The lowest BCUT2D eigenvalue weighted by Gasteiger charge is -2.13. The largest absolute Gasteiger partial charge is 0.491 e. The van der Waals surface area contributed by atoms with Crippen LogP contribution in [0.25, 0.3) is 0 Å². The van der Waals surface area contributed by atoms with Gasteiger partial charge in [-0.1, -0.05) is 23.2 Å². The van der Waals surface area contributed by atoms with Crippen LogP contribution in [0.2, 0.25) is 10.0 Å². The van der Waals surface area contributed by atoms with E-state index in [4.69, 9.17) is 37.8 Å². The Balaban J connectivity index is 2.03. The van der Waals surface area contributed by atoms with Crippen LogP contribution < -0.4 is 4.74 Å². The molecule has 0 spiro atoms. The highest BCUT2D eigenvalue weighted by atomic mass is 35.5. The first-order valence-electron chi connectivity index (χ1n) is 6.04. The van der Waals surface area contributed by atoms with Gasteiger partial charge in [-0.3, -0.25) is 0 Å². The summed E-state index contributed by atoms with van der Waals surface area (Å²) in [6.07, 6.45) is 2.99. The molecule has 104 valence electrons. The van der Waals surface area contributed by atoms with Crippen LogP contribution >= 0.6 is 23.2 Å². The molecule has 1 saturated heterocycles. The standard InChI is InChI=1S/C13H14Cl2O4/c14-8-6-10(13(16)17)12(11(15)7-8)19-5-3-9-2-1-4-18-9/h6-7,9H,1-5H2,(H,16,17). The number of carbonyl (C=O) groups is 1. The number of hydrogen-bond acceptors (Lipinski definition) is 3. The van der Waals surface area contributed by atoms with Gasteiger partial charge < -0.3 is 14.6 Å². The van der Waals surface area contributed by atoms with Gasteiger partial charge in [0.05, 0.1) is 17.7 Å². The van der Waals surface area contributed by atoms with Crippen molar-refractivity contribution in [2.75, 3.05) is 13.2 Å². The molecule has 1 fully saturated rings. The van der Waals surface area contributed by atoms with E-state index < -0.39 is 5.97 Å². The van der Waals surface area contributed by atoms with Crippen LogP contribution in [0.15, 0.2) is 12.1 Å². The molecule has 0 saturated carbocycles. The van der Waals surface area contributed by atoms with E-state index in [0.717, 1.165) is 25.9 Å². The maximum atomic E-state index is 11.1. The molecule has 0 aliphatic carbocycles. The Morgan fingerprint density at radius 2 is 2.26 bits per heavy atom. The van der Waals surface area contributed by atoms with E-state index in [9.17, 15) is 4.79 Å². The van der Waals surface area contributed by atoms with Crippen LogP contribution in [0, 0.1) is 0 Å². The quantitative estimate of drug-likeness (QED) is 0.902. The van der Waals surface area contributed by atoms with Gasteiger partial charge >= 0.3 is 5.97 Å². The summed E-state index contributed by atoms with van der Waals surface area (Å²) < 4.78 is 11.0. The summed E-state index contributed by atoms with van der Waals surface area (Å²) in [7, 11) is 0. The number of carboxylic acids is 1. The zero-order valence-electron chi connectivity index (χ0n) is 10.2. The minimum absolute atomic E-state index is 0.0233. The fourth-order valence-corrected chi connectivity index (χ4v) is 2.58. The minimum atomic E-state index is -1.11. The van der Waals surface area contributed by atoms with Crippen molar-refractivity contribution < 1.29 is 19.4 Å². The third kappa shape index (κ3) is 3.75. The van der Waals surface area contributed by atoms with E-state index in [-0.39, 0.29) is 27.5 Å². The molecule has 0 aromatic heterocycles. The zero-order chi connectivity index (χ0) is 13.8. The molecular weight excluding hydrogens is 291 g/mol. The zero-order valence-corrected chi connectivity index (χ0v) is 11.7. The first-order valence-corrected chi connectivity index (χ1v) is 6.80. The highest BCUT2D eigenvalue weighted by molar-refractivity contribution is 6.36. The first-order chi connectivity index (χ1) is 9.08. The topological polar surface area (TPSA) is 55.8 Å². The van der Waals surface area contributed by atoms with Crippen molar-refractivity contribution in [3.05, 3.63) is 27.7 Å². The summed E-state index contributed by atoms with van der Waals surface area (Å²) in [5, 5.41) is 9.58. The van der Waals surface area contributed by atoms with Crippen molar-refractivity contribution in [1.82, 2.24) is 0 Å². The summed E-state index contributed by atoms with van der Waals surface area (Å²) in [5.74, 6) is -0.951. The molecule has 0 amide bonds. The van der Waals surface area contributed by atoms with Crippen LogP contribution in [0.3, 0.4) is 0 Å². The molecule has 1 aliphatic rings. The molecule has 1 atom stereocenters. The number of halogens is 2. The molecule has 1 aliphatic heterocycles. The van der Waals surface area contributed by atoms with Crippen LogP contribution in [0.1, 0.15) is 29.6 Å². The Morgan fingerprint density at radius 3 is 2.89 bits per heavy atom. The van der Waals surface area contributed by atoms with E-state index in [1.807, 2.05) is 0 Å². The minimum Gasteiger partial charge on any atom is -0.491 e. The van der Waals surface area contributed by atoms with Crippen molar-refractivity contribution in [2.45, 2.75) is 25.4 Å². The van der Waals surface area contributed by atoms with E-state index in [0.29, 0.717) is 6.61 Å². The van der Waals surface area contributed by atoms with Gasteiger partial charge in [0.2, 0.25) is 0 Å². The molecule has 2 rings (SSSR count). The Kier molecular flexibility index (Phi) is 4.91. The third-order valence-electron chi connectivity index (χ3n) is 2.95. The predicted molar refractivity (Wildman–Crippen MR) is 72.5 cm³/mol. The molecule has 1 N–H and O–H groups in total. The number of hydrogen-bond donors (Lipinski definition) is 1. The maximum absolute atomic E-state index is 11.1. The Morgan fingerprint density at radius 1 is 1.47 bits per heavy atom. The highest BCUT2D eigenvalue weighted by Gasteiger charge is 2.19. The lowest BCUT2D eigenvalue weighted by molar-refractivity contribution is 0.0689. The predicted octanol–water partition coefficient (Wildman–Crippen LogP) is 3.64. The summed E-state index contributed by atoms with van der Waals surface area (Å²) in [6, 6.07) is 2.80. The highest BCUT2D eigenvalue weighted by Crippen LogP contribution is 2.32. The molecular formula is C13H14Cl2O4. The van der Waals surface area contributed by atoms with E-state index in [1.165, 1.54) is 12.1 Å². The molecule has 19 heavy (non-hydrogen) atoms. The smallest absolute Gasteiger partial charge is 0.339 e. The molecule has 1 unspecified atom stereocenters. The summed E-state index contributed by atoms with van der Waals surface area (Å²) in [4.78, 5) is 11.1. The normalized spacial score (nSPS) is 18.5. The van der Waals surface area contributed by atoms with E-state index >= 15 is 0 Å². The maximum Gasteiger partial charge on any atom is 0.339 e. The SMILES string of the molecule is O=C(O)c1cc(Cl)cc(Cl)c1OCCC1CCCO1. The Hall–Kier alpha value is -0.970. The monoisotopic (exact) mass is 304 g/mol. The number of aromatic carboxylic acids is 1. The number of benzene rings is 1. The molecule has 1 aromatic carbocycles. The second-order valence-corrected chi connectivity index (χ2v) is 5.19. The fraction of sp³-hybridized carbons (Fsp3) is 0.462. The third-order valence-corrected chi connectivity index (χ3v) is 3.45. The van der Waals surface area contributed by atoms with Gasteiger partial charge in [-0.05, 0) is 25.0 Å². The number of carboxylic acid groups (broad SMARTS) is 1. The lowest BCUT2D eigenvalue weighted by Crippen LogP contribution is -2.12. The van der Waals surface area contributed by atoms with Crippen molar-refractivity contribution in [2.24, 2.45) is 0 Å². The molecule has 4 nitrogen and oxygen atoms in total. The van der Waals surface area contributed by atoms with Crippen LogP contribution in [0.4, 0.5) is 0 Å². The van der Waals surface area contributed by atoms with Gasteiger partial charge in [-0.25, -0.2) is 4.79 Å². The molecule has 6 heteroatoms. The average molecular weight is 305 g/mol. The van der Waals surface area contributed by atoms with Gasteiger partial charge in [-0.15, -0.1) is 0 Å². The summed E-state index contributed by atoms with van der Waals surface area (Å²) in [6.45, 7) is 1.15. The Labute approximate surface area is 121 Å².